The molecule has 1 aliphatic heterocycles. The number of unbranched alkanes of at least 4 members (excludes halogenated alkanes) is 1. The third-order valence-corrected chi connectivity index (χ3v) is 5.17. The molecule has 3 rings (SSSR count). The van der Waals surface area contributed by atoms with E-state index in [1.54, 1.807) is 49.4 Å². The molecule has 7 nitrogen and oxygen atoms in total. The number of ether oxygens (including phenoxy) is 2. The Kier molecular flexibility index (Phi) is 7.87. The number of ketones is 1. The van der Waals surface area contributed by atoms with Crippen molar-refractivity contribution in [1.82, 2.24) is 0 Å². The molecule has 2 aromatic rings. The highest BCUT2D eigenvalue weighted by molar-refractivity contribution is 6.07. The Morgan fingerprint density at radius 1 is 1.09 bits per heavy atom. The summed E-state index contributed by atoms with van der Waals surface area (Å²) in [6.07, 6.45) is 2.48. The van der Waals surface area contributed by atoms with Gasteiger partial charge in [-0.15, -0.1) is 0 Å². The van der Waals surface area contributed by atoms with Gasteiger partial charge in [0.15, 0.2) is 11.9 Å². The van der Waals surface area contributed by atoms with Crippen molar-refractivity contribution in [1.29, 1.82) is 0 Å². The van der Waals surface area contributed by atoms with Gasteiger partial charge in [-0.3, -0.25) is 19.3 Å². The smallest absolute Gasteiger partial charge is 0.268 e. The van der Waals surface area contributed by atoms with Gasteiger partial charge < -0.3 is 14.8 Å². The van der Waals surface area contributed by atoms with E-state index in [-0.39, 0.29) is 24.1 Å². The van der Waals surface area contributed by atoms with Crippen LogP contribution in [0.15, 0.2) is 42.5 Å². The van der Waals surface area contributed by atoms with E-state index in [1.807, 2.05) is 6.92 Å². The van der Waals surface area contributed by atoms with Crippen LogP contribution in [0.5, 0.6) is 11.5 Å². The first-order chi connectivity index (χ1) is 15.4. The summed E-state index contributed by atoms with van der Waals surface area (Å²) in [5, 5.41) is 2.81. The number of hydrogen-bond donors (Lipinski definition) is 1. The van der Waals surface area contributed by atoms with Crippen LogP contribution in [0, 0.1) is 0 Å². The zero-order valence-corrected chi connectivity index (χ0v) is 18.8. The van der Waals surface area contributed by atoms with Gasteiger partial charge in [0.1, 0.15) is 18.0 Å². The number of carbonyl (C=O) groups is 3. The number of anilines is 2. The van der Waals surface area contributed by atoms with Crippen molar-refractivity contribution < 1.29 is 23.9 Å². The largest absolute Gasteiger partial charge is 0.494 e. The highest BCUT2D eigenvalue weighted by Gasteiger charge is 2.33. The summed E-state index contributed by atoms with van der Waals surface area (Å²) >= 11 is 0. The number of carbonyl (C=O) groups excluding carboxylic acids is 3. The molecule has 1 unspecified atom stereocenters. The highest BCUT2D eigenvalue weighted by Crippen LogP contribution is 2.35. The lowest BCUT2D eigenvalue weighted by molar-refractivity contribution is -0.127. The fraction of sp³-hybridized carbons (Fsp3) is 0.400. The molecular formula is C25H30N2O5. The van der Waals surface area contributed by atoms with Crippen molar-refractivity contribution in [3.63, 3.8) is 0 Å². The number of fused-ring (bicyclic) bond motifs is 1. The van der Waals surface area contributed by atoms with Crippen LogP contribution in [0.1, 0.15) is 56.8 Å². The van der Waals surface area contributed by atoms with Gasteiger partial charge >= 0.3 is 0 Å². The third kappa shape index (κ3) is 5.66. The molecule has 0 saturated carbocycles. The molecule has 0 spiro atoms. The molecule has 2 amide bonds. The molecule has 32 heavy (non-hydrogen) atoms. The topological polar surface area (TPSA) is 84.9 Å². The van der Waals surface area contributed by atoms with Gasteiger partial charge in [-0.2, -0.15) is 0 Å². The van der Waals surface area contributed by atoms with Crippen LogP contribution >= 0.6 is 0 Å². The second-order valence-corrected chi connectivity index (χ2v) is 7.81. The molecule has 2 aromatic carbocycles. The monoisotopic (exact) mass is 438 g/mol. The molecule has 0 bridgehead atoms. The average molecular weight is 439 g/mol. The molecule has 7 heteroatoms. The van der Waals surface area contributed by atoms with E-state index in [0.29, 0.717) is 35.7 Å². The second-order valence-electron chi connectivity index (χ2n) is 7.81. The van der Waals surface area contributed by atoms with Crippen molar-refractivity contribution in [2.45, 2.75) is 52.6 Å². The number of rotatable bonds is 10. The van der Waals surface area contributed by atoms with E-state index in [2.05, 4.69) is 12.2 Å². The van der Waals surface area contributed by atoms with Crippen molar-refractivity contribution in [3.05, 3.63) is 48.0 Å². The summed E-state index contributed by atoms with van der Waals surface area (Å²) in [5.41, 5.74) is 1.55. The van der Waals surface area contributed by atoms with Crippen molar-refractivity contribution in [2.75, 3.05) is 23.4 Å². The third-order valence-electron chi connectivity index (χ3n) is 5.17. The number of hydrogen-bond acceptors (Lipinski definition) is 5. The SMILES string of the molecule is CCCCOc1ccc(NC(=O)CN2C(=O)C(C)Oc3ccc(C(=O)CCC)cc32)cc1. The number of Topliss-reactive ketones (excluding diaryl/α,β-unsaturated/α-hetero) is 1. The van der Waals surface area contributed by atoms with Crippen LogP contribution in [-0.2, 0) is 9.59 Å². The van der Waals surface area contributed by atoms with E-state index in [4.69, 9.17) is 9.47 Å². The fourth-order valence-electron chi connectivity index (χ4n) is 3.43. The first-order valence-electron chi connectivity index (χ1n) is 11.1. The van der Waals surface area contributed by atoms with Gasteiger partial charge in [-0.25, -0.2) is 0 Å². The minimum atomic E-state index is -0.716. The number of benzene rings is 2. The normalized spacial score (nSPS) is 15.0. The maximum absolute atomic E-state index is 12.8. The Bertz CT molecular complexity index is 971. The van der Waals surface area contributed by atoms with E-state index in [9.17, 15) is 14.4 Å². The molecule has 1 aliphatic rings. The molecule has 0 aliphatic carbocycles. The Balaban J connectivity index is 1.72. The van der Waals surface area contributed by atoms with Crippen LogP contribution in [0.4, 0.5) is 11.4 Å². The maximum atomic E-state index is 12.8. The lowest BCUT2D eigenvalue weighted by atomic mass is 10.0. The van der Waals surface area contributed by atoms with Gasteiger partial charge in [-0.05, 0) is 62.2 Å². The molecule has 0 aromatic heterocycles. The van der Waals surface area contributed by atoms with Crippen LogP contribution in [0.25, 0.3) is 0 Å². The standard InChI is InChI=1S/C25H30N2O5/c1-4-6-14-31-20-11-9-19(10-12-20)26-24(29)16-27-21-15-18(22(28)7-5-2)8-13-23(21)32-17(3)25(27)30/h8-13,15,17H,4-7,14,16H2,1-3H3,(H,26,29). The Morgan fingerprint density at radius 3 is 2.53 bits per heavy atom. The zero-order valence-electron chi connectivity index (χ0n) is 18.8. The van der Waals surface area contributed by atoms with E-state index in [0.717, 1.165) is 25.0 Å². The Hall–Kier alpha value is -3.35. The fourth-order valence-corrected chi connectivity index (χ4v) is 3.43. The molecule has 1 heterocycles. The van der Waals surface area contributed by atoms with Crippen LogP contribution in [-0.4, -0.2) is 36.9 Å². The Morgan fingerprint density at radius 2 is 1.84 bits per heavy atom. The Labute approximate surface area is 188 Å². The highest BCUT2D eigenvalue weighted by atomic mass is 16.5. The average Bonchev–Trinajstić information content (AvgIpc) is 2.78. The van der Waals surface area contributed by atoms with E-state index in [1.165, 1.54) is 4.90 Å². The molecule has 170 valence electrons. The molecule has 1 N–H and O–H groups in total. The quantitative estimate of drug-likeness (QED) is 0.433. The minimum absolute atomic E-state index is 0.00739. The summed E-state index contributed by atoms with van der Waals surface area (Å²) in [4.78, 5) is 39.2. The first-order valence-corrected chi connectivity index (χ1v) is 11.1. The molecule has 1 atom stereocenters. The summed E-state index contributed by atoms with van der Waals surface area (Å²) in [7, 11) is 0. The van der Waals surface area contributed by atoms with Gasteiger partial charge in [0.25, 0.3) is 5.91 Å². The molecule has 0 saturated heterocycles. The van der Waals surface area contributed by atoms with Crippen LogP contribution in [0.3, 0.4) is 0 Å². The van der Waals surface area contributed by atoms with E-state index < -0.39 is 6.10 Å². The predicted octanol–water partition coefficient (Wildman–Crippen LogP) is 4.60. The lowest BCUT2D eigenvalue weighted by Gasteiger charge is -2.32. The number of nitrogens with zero attached hydrogens (tertiary/aromatic N) is 1. The van der Waals surface area contributed by atoms with Gasteiger partial charge in [0.2, 0.25) is 5.91 Å². The summed E-state index contributed by atoms with van der Waals surface area (Å²) in [5.74, 6) is 0.543. The maximum Gasteiger partial charge on any atom is 0.268 e. The number of amides is 2. The van der Waals surface area contributed by atoms with Crippen molar-refractivity contribution in [2.24, 2.45) is 0 Å². The van der Waals surface area contributed by atoms with Gasteiger partial charge in [0, 0.05) is 17.7 Å². The lowest BCUT2D eigenvalue weighted by Crippen LogP contribution is -2.47. The summed E-state index contributed by atoms with van der Waals surface area (Å²) < 4.78 is 11.3. The van der Waals surface area contributed by atoms with Crippen molar-refractivity contribution >= 4 is 29.0 Å². The number of nitrogens with one attached hydrogen (secondary N) is 1. The van der Waals surface area contributed by atoms with Gasteiger partial charge in [-0.1, -0.05) is 20.3 Å². The molecule has 0 fully saturated rings. The van der Waals surface area contributed by atoms with Gasteiger partial charge in [0.05, 0.1) is 12.3 Å². The predicted molar refractivity (Wildman–Crippen MR) is 124 cm³/mol. The first kappa shape index (κ1) is 23.3. The zero-order chi connectivity index (χ0) is 23.1. The molecular weight excluding hydrogens is 408 g/mol. The van der Waals surface area contributed by atoms with Crippen molar-refractivity contribution in [3.8, 4) is 11.5 Å². The van der Waals surface area contributed by atoms with Crippen LogP contribution < -0.4 is 19.7 Å². The molecule has 0 radical (unpaired) electrons. The second kappa shape index (κ2) is 10.8. The van der Waals surface area contributed by atoms with E-state index >= 15 is 0 Å². The van der Waals surface area contributed by atoms with Crippen LogP contribution in [0.2, 0.25) is 0 Å². The summed E-state index contributed by atoms with van der Waals surface area (Å²) in [6.45, 7) is 6.15. The summed E-state index contributed by atoms with van der Waals surface area (Å²) in [6, 6.07) is 12.1. The minimum Gasteiger partial charge on any atom is -0.494 e.